The van der Waals surface area contributed by atoms with Gasteiger partial charge in [0.15, 0.2) is 0 Å². The summed E-state index contributed by atoms with van der Waals surface area (Å²) in [7, 11) is 0. The van der Waals surface area contributed by atoms with Crippen LogP contribution in [0.3, 0.4) is 0 Å². The largest absolute Gasteiger partial charge is 0.394 e. The molecule has 8 heteroatoms. The summed E-state index contributed by atoms with van der Waals surface area (Å²) in [5.74, 6) is 0.0758. The van der Waals surface area contributed by atoms with Crippen LogP contribution in [0.25, 0.3) is 0 Å². The molecule has 1 amide bonds. The summed E-state index contributed by atoms with van der Waals surface area (Å²) in [6.07, 6.45) is -4.86. The first-order valence-electron chi connectivity index (χ1n) is 7.59. The summed E-state index contributed by atoms with van der Waals surface area (Å²) >= 11 is 0. The van der Waals surface area contributed by atoms with E-state index in [1.165, 1.54) is 0 Å². The Balaban J connectivity index is 1.76. The second kappa shape index (κ2) is 6.77. The molecule has 0 saturated carbocycles. The van der Waals surface area contributed by atoms with Crippen molar-refractivity contribution in [3.05, 3.63) is 0 Å². The van der Waals surface area contributed by atoms with Crippen molar-refractivity contribution in [2.45, 2.75) is 37.8 Å². The molecule has 0 aromatic heterocycles. The predicted molar refractivity (Wildman–Crippen MR) is 76.9 cm³/mol. The molecule has 0 unspecified atom stereocenters. The maximum Gasteiger partial charge on any atom is 0.219 e. The van der Waals surface area contributed by atoms with Gasteiger partial charge in [-0.3, -0.25) is 9.69 Å². The summed E-state index contributed by atoms with van der Waals surface area (Å²) in [5, 5.41) is 47.3. The fraction of sp³-hybridized carbons (Fsp3) is 0.929. The fourth-order valence-corrected chi connectivity index (χ4v) is 3.43. The number of β-amino-alcohol motifs (C(OH)–C–C–N with tert-alkyl or cyclic N) is 1. The Morgan fingerprint density at radius 2 is 1.68 bits per heavy atom. The zero-order chi connectivity index (χ0) is 16.5. The zero-order valence-corrected chi connectivity index (χ0v) is 12.8. The van der Waals surface area contributed by atoms with Crippen LogP contribution >= 0.6 is 0 Å². The lowest BCUT2D eigenvalue weighted by Crippen LogP contribution is -2.61. The molecule has 0 bridgehead atoms. The van der Waals surface area contributed by atoms with E-state index >= 15 is 0 Å². The average Bonchev–Trinajstić information content (AvgIpc) is 2.89. The summed E-state index contributed by atoms with van der Waals surface area (Å²) < 4.78 is 0. The highest BCUT2D eigenvalue weighted by molar-refractivity contribution is 5.73. The molecule has 2 saturated heterocycles. The Kier molecular flexibility index (Phi) is 5.41. The summed E-state index contributed by atoms with van der Waals surface area (Å²) in [4.78, 5) is 15.1. The Morgan fingerprint density at radius 3 is 2.18 bits per heavy atom. The first kappa shape index (κ1) is 17.6. The van der Waals surface area contributed by atoms with Gasteiger partial charge in [0.1, 0.15) is 18.3 Å². The van der Waals surface area contributed by atoms with Gasteiger partial charge in [-0.1, -0.05) is 0 Å². The predicted octanol–water partition coefficient (Wildman–Crippen LogP) is -3.02. The molecule has 128 valence electrons. The number of aliphatic hydroxyl groups is 5. The maximum atomic E-state index is 11.4. The van der Waals surface area contributed by atoms with Crippen LogP contribution in [0.2, 0.25) is 0 Å². The quantitative estimate of drug-likeness (QED) is 0.353. The van der Waals surface area contributed by atoms with E-state index in [0.29, 0.717) is 0 Å². The Hall–Kier alpha value is -0.770. The third kappa shape index (κ3) is 3.58. The maximum absolute atomic E-state index is 11.4. The lowest BCUT2D eigenvalue weighted by Gasteiger charge is -2.49. The first-order valence-corrected chi connectivity index (χ1v) is 7.59. The molecule has 2 fully saturated rings. The van der Waals surface area contributed by atoms with Crippen LogP contribution in [-0.4, -0.2) is 105 Å². The van der Waals surface area contributed by atoms with Crippen LogP contribution in [0.4, 0.5) is 0 Å². The highest BCUT2D eigenvalue weighted by atomic mass is 16.4. The molecule has 4 atom stereocenters. The molecular formula is C14H26N2O6. The van der Waals surface area contributed by atoms with Crippen LogP contribution in [0, 0.1) is 5.41 Å². The second-order valence-corrected chi connectivity index (χ2v) is 6.66. The van der Waals surface area contributed by atoms with Crippen molar-refractivity contribution in [1.29, 1.82) is 0 Å². The van der Waals surface area contributed by atoms with E-state index < -0.39 is 31.0 Å². The van der Waals surface area contributed by atoms with E-state index in [-0.39, 0.29) is 17.9 Å². The molecule has 22 heavy (non-hydrogen) atoms. The molecule has 2 aliphatic heterocycles. The van der Waals surface area contributed by atoms with E-state index in [0.717, 1.165) is 32.6 Å². The van der Waals surface area contributed by atoms with E-state index in [4.69, 9.17) is 5.11 Å². The summed E-state index contributed by atoms with van der Waals surface area (Å²) in [6.45, 7) is 4.01. The molecule has 2 rings (SSSR count). The van der Waals surface area contributed by atoms with Crippen molar-refractivity contribution in [2.24, 2.45) is 5.41 Å². The number of hydrogen-bond donors (Lipinski definition) is 5. The van der Waals surface area contributed by atoms with Crippen LogP contribution < -0.4 is 0 Å². The van der Waals surface area contributed by atoms with Gasteiger partial charge in [0.25, 0.3) is 0 Å². The van der Waals surface area contributed by atoms with Gasteiger partial charge >= 0.3 is 0 Å². The fourth-order valence-electron chi connectivity index (χ4n) is 3.43. The molecule has 8 nitrogen and oxygen atoms in total. The number of aliphatic hydroxyl groups excluding tert-OH is 5. The minimum atomic E-state index is -1.59. The molecule has 2 aliphatic rings. The van der Waals surface area contributed by atoms with Gasteiger partial charge in [0.05, 0.1) is 12.7 Å². The van der Waals surface area contributed by atoms with Gasteiger partial charge in [-0.05, 0) is 6.42 Å². The van der Waals surface area contributed by atoms with Crippen molar-refractivity contribution < 1.29 is 30.3 Å². The van der Waals surface area contributed by atoms with Gasteiger partial charge in [-0.25, -0.2) is 0 Å². The van der Waals surface area contributed by atoms with Crippen LogP contribution in [-0.2, 0) is 4.79 Å². The van der Waals surface area contributed by atoms with Gasteiger partial charge in [-0.15, -0.1) is 0 Å². The minimum Gasteiger partial charge on any atom is -0.394 e. The van der Waals surface area contributed by atoms with Gasteiger partial charge in [0, 0.05) is 45.1 Å². The van der Waals surface area contributed by atoms with Gasteiger partial charge in [0.2, 0.25) is 5.91 Å². The summed E-state index contributed by atoms with van der Waals surface area (Å²) in [6, 6.07) is 0. The van der Waals surface area contributed by atoms with E-state index in [1.807, 2.05) is 9.80 Å². The average molecular weight is 318 g/mol. The standard InChI is InChI=1S/C14H26N2O6/c1-9(18)16-3-2-14(8-16)6-15(7-14)4-10(19)12(21)13(22)11(20)5-17/h10-13,17,19-22H,2-8H2,1H3/t10-,11+,12+,13+/m0/s1. The molecule has 0 aromatic rings. The number of nitrogens with zero attached hydrogens (tertiary/aromatic N) is 2. The van der Waals surface area contributed by atoms with Gasteiger partial charge in [-0.2, -0.15) is 0 Å². The second-order valence-electron chi connectivity index (χ2n) is 6.66. The molecule has 0 aromatic carbocycles. The number of carbonyl (C=O) groups excluding carboxylic acids is 1. The number of rotatable bonds is 6. The normalized spacial score (nSPS) is 26.5. The van der Waals surface area contributed by atoms with E-state index in [1.54, 1.807) is 6.92 Å². The monoisotopic (exact) mass is 318 g/mol. The highest BCUT2D eigenvalue weighted by Crippen LogP contribution is 2.39. The van der Waals surface area contributed by atoms with Crippen molar-refractivity contribution in [3.8, 4) is 0 Å². The molecule has 0 aliphatic carbocycles. The third-order valence-corrected chi connectivity index (χ3v) is 4.77. The SMILES string of the molecule is CC(=O)N1CCC2(CN(C[C@H](O)[C@@H](O)[C@H](O)[C@H](O)CO)C2)C1. The van der Waals surface area contributed by atoms with Crippen LogP contribution in [0.15, 0.2) is 0 Å². The number of hydrogen-bond acceptors (Lipinski definition) is 7. The highest BCUT2D eigenvalue weighted by Gasteiger charge is 2.48. The Bertz CT molecular complexity index is 401. The van der Waals surface area contributed by atoms with Crippen molar-refractivity contribution in [3.63, 3.8) is 0 Å². The van der Waals surface area contributed by atoms with Crippen LogP contribution in [0.1, 0.15) is 13.3 Å². The van der Waals surface area contributed by atoms with Crippen LogP contribution in [0.5, 0.6) is 0 Å². The lowest BCUT2D eigenvalue weighted by molar-refractivity contribution is -0.132. The summed E-state index contributed by atoms with van der Waals surface area (Å²) in [5.41, 5.74) is 0.0829. The molecule has 5 N–H and O–H groups in total. The molecular weight excluding hydrogens is 292 g/mol. The Morgan fingerprint density at radius 1 is 1.09 bits per heavy atom. The Labute approximate surface area is 129 Å². The number of carbonyl (C=O) groups is 1. The first-order chi connectivity index (χ1) is 10.3. The number of amides is 1. The van der Waals surface area contributed by atoms with Crippen molar-refractivity contribution in [2.75, 3.05) is 39.3 Å². The lowest BCUT2D eigenvalue weighted by atomic mass is 9.78. The van der Waals surface area contributed by atoms with E-state index in [2.05, 4.69) is 0 Å². The zero-order valence-electron chi connectivity index (χ0n) is 12.8. The topological polar surface area (TPSA) is 125 Å². The smallest absolute Gasteiger partial charge is 0.219 e. The van der Waals surface area contributed by atoms with Crippen molar-refractivity contribution >= 4 is 5.91 Å². The van der Waals surface area contributed by atoms with E-state index in [9.17, 15) is 25.2 Å². The molecule has 0 radical (unpaired) electrons. The van der Waals surface area contributed by atoms with Gasteiger partial charge < -0.3 is 30.4 Å². The molecule has 2 heterocycles. The molecule has 1 spiro atoms. The van der Waals surface area contributed by atoms with Crippen molar-refractivity contribution in [1.82, 2.24) is 9.80 Å². The third-order valence-electron chi connectivity index (χ3n) is 4.77. The number of likely N-dealkylation sites (tertiary alicyclic amines) is 2. The minimum absolute atomic E-state index is 0.0758.